The Labute approximate surface area is 99.4 Å². The monoisotopic (exact) mass is 283 g/mol. The SMILES string of the molecule is Nc1ncc(F)c(Oc2cccc(Br)c2)n1. The number of hydrogen-bond donors (Lipinski definition) is 1. The molecule has 1 aromatic heterocycles. The molecule has 1 heterocycles. The van der Waals surface area contributed by atoms with Gasteiger partial charge in [0.05, 0.1) is 6.20 Å². The molecule has 0 spiro atoms. The zero-order valence-electron chi connectivity index (χ0n) is 8.02. The molecule has 2 rings (SSSR count). The summed E-state index contributed by atoms with van der Waals surface area (Å²) in [5.41, 5.74) is 5.33. The topological polar surface area (TPSA) is 61.0 Å². The molecule has 1 aromatic carbocycles. The lowest BCUT2D eigenvalue weighted by molar-refractivity contribution is 0.421. The Kier molecular flexibility index (Phi) is 3.00. The molecule has 0 aliphatic carbocycles. The van der Waals surface area contributed by atoms with Crippen LogP contribution < -0.4 is 10.5 Å². The second-order valence-corrected chi connectivity index (χ2v) is 3.86. The molecule has 0 aliphatic heterocycles. The van der Waals surface area contributed by atoms with Gasteiger partial charge in [0, 0.05) is 4.47 Å². The number of aromatic nitrogens is 2. The Morgan fingerprint density at radius 3 is 2.94 bits per heavy atom. The van der Waals surface area contributed by atoms with E-state index in [1.54, 1.807) is 18.2 Å². The van der Waals surface area contributed by atoms with Crippen LogP contribution in [0.2, 0.25) is 0 Å². The van der Waals surface area contributed by atoms with E-state index in [9.17, 15) is 4.39 Å². The summed E-state index contributed by atoms with van der Waals surface area (Å²) in [5.74, 6) is -0.419. The fourth-order valence-corrected chi connectivity index (χ4v) is 1.46. The van der Waals surface area contributed by atoms with Crippen molar-refractivity contribution in [1.82, 2.24) is 9.97 Å². The maximum absolute atomic E-state index is 13.2. The van der Waals surface area contributed by atoms with Crippen LogP contribution in [0.3, 0.4) is 0 Å². The Morgan fingerprint density at radius 1 is 1.38 bits per heavy atom. The summed E-state index contributed by atoms with van der Waals surface area (Å²) in [5, 5.41) is 0. The molecule has 0 bridgehead atoms. The lowest BCUT2D eigenvalue weighted by Crippen LogP contribution is -1.99. The first-order valence-electron chi connectivity index (χ1n) is 4.36. The van der Waals surface area contributed by atoms with Crippen LogP contribution in [0.25, 0.3) is 0 Å². The molecule has 82 valence electrons. The number of nitrogens with two attached hydrogens (primary N) is 1. The summed E-state index contributed by atoms with van der Waals surface area (Å²) < 4.78 is 19.3. The predicted molar refractivity (Wildman–Crippen MR) is 60.6 cm³/mol. The van der Waals surface area contributed by atoms with Gasteiger partial charge < -0.3 is 10.5 Å². The third kappa shape index (κ3) is 2.46. The highest BCUT2D eigenvalue weighted by atomic mass is 79.9. The van der Waals surface area contributed by atoms with Crippen molar-refractivity contribution in [3.8, 4) is 11.6 Å². The Balaban J connectivity index is 2.30. The van der Waals surface area contributed by atoms with Crippen molar-refractivity contribution in [2.45, 2.75) is 0 Å². The molecule has 0 saturated carbocycles. The van der Waals surface area contributed by atoms with E-state index in [4.69, 9.17) is 10.5 Å². The van der Waals surface area contributed by atoms with Crippen LogP contribution in [0, 0.1) is 5.82 Å². The molecule has 0 atom stereocenters. The van der Waals surface area contributed by atoms with Crippen LogP contribution in [0.1, 0.15) is 0 Å². The quantitative estimate of drug-likeness (QED) is 0.921. The second-order valence-electron chi connectivity index (χ2n) is 2.94. The smallest absolute Gasteiger partial charge is 0.260 e. The number of anilines is 1. The van der Waals surface area contributed by atoms with Crippen molar-refractivity contribution >= 4 is 21.9 Å². The molecule has 2 N–H and O–H groups in total. The van der Waals surface area contributed by atoms with Crippen LogP contribution in [0.5, 0.6) is 11.6 Å². The summed E-state index contributed by atoms with van der Waals surface area (Å²) in [7, 11) is 0. The summed E-state index contributed by atoms with van der Waals surface area (Å²) in [6, 6.07) is 6.97. The number of hydrogen-bond acceptors (Lipinski definition) is 4. The van der Waals surface area contributed by atoms with E-state index in [1.807, 2.05) is 6.07 Å². The second kappa shape index (κ2) is 4.44. The molecule has 0 unspecified atom stereocenters. The molecular formula is C10H7BrFN3O. The minimum absolute atomic E-state index is 0.0357. The first-order valence-corrected chi connectivity index (χ1v) is 5.16. The van der Waals surface area contributed by atoms with Gasteiger partial charge in [-0.15, -0.1) is 0 Å². The van der Waals surface area contributed by atoms with Crippen molar-refractivity contribution in [2.24, 2.45) is 0 Å². The summed E-state index contributed by atoms with van der Waals surface area (Å²) in [6.45, 7) is 0. The molecular weight excluding hydrogens is 277 g/mol. The Morgan fingerprint density at radius 2 is 2.19 bits per heavy atom. The zero-order valence-corrected chi connectivity index (χ0v) is 9.61. The fourth-order valence-electron chi connectivity index (χ4n) is 1.08. The highest BCUT2D eigenvalue weighted by Gasteiger charge is 2.08. The van der Waals surface area contributed by atoms with E-state index in [0.717, 1.165) is 10.7 Å². The minimum Gasteiger partial charge on any atom is -0.436 e. The molecule has 0 radical (unpaired) electrons. The number of benzene rings is 1. The average Bonchev–Trinajstić information content (AvgIpc) is 2.24. The van der Waals surface area contributed by atoms with Gasteiger partial charge in [0.15, 0.2) is 0 Å². The van der Waals surface area contributed by atoms with Gasteiger partial charge in [-0.3, -0.25) is 0 Å². The molecule has 0 fully saturated rings. The molecule has 0 amide bonds. The van der Waals surface area contributed by atoms with Gasteiger partial charge in [-0.25, -0.2) is 4.98 Å². The number of halogens is 2. The van der Waals surface area contributed by atoms with Crippen molar-refractivity contribution in [3.05, 3.63) is 40.8 Å². The van der Waals surface area contributed by atoms with Gasteiger partial charge in [0.25, 0.3) is 5.88 Å². The third-order valence-corrected chi connectivity index (χ3v) is 2.23. The van der Waals surface area contributed by atoms with Gasteiger partial charge in [0.2, 0.25) is 11.8 Å². The van der Waals surface area contributed by atoms with Crippen LogP contribution in [0.15, 0.2) is 34.9 Å². The average molecular weight is 284 g/mol. The number of nitrogens with zero attached hydrogens (tertiary/aromatic N) is 2. The molecule has 0 saturated heterocycles. The lowest BCUT2D eigenvalue weighted by atomic mass is 10.3. The predicted octanol–water partition coefficient (Wildman–Crippen LogP) is 2.75. The van der Waals surface area contributed by atoms with Crippen LogP contribution in [-0.2, 0) is 0 Å². The van der Waals surface area contributed by atoms with Crippen LogP contribution in [-0.4, -0.2) is 9.97 Å². The van der Waals surface area contributed by atoms with E-state index in [0.29, 0.717) is 5.75 Å². The van der Waals surface area contributed by atoms with E-state index in [2.05, 4.69) is 25.9 Å². The van der Waals surface area contributed by atoms with Gasteiger partial charge in [-0.2, -0.15) is 9.37 Å². The molecule has 6 heteroatoms. The number of nitrogen functional groups attached to an aromatic ring is 1. The Hall–Kier alpha value is -1.69. The molecule has 2 aromatic rings. The van der Waals surface area contributed by atoms with Crippen molar-refractivity contribution in [1.29, 1.82) is 0 Å². The van der Waals surface area contributed by atoms with E-state index < -0.39 is 5.82 Å². The third-order valence-electron chi connectivity index (χ3n) is 1.74. The van der Waals surface area contributed by atoms with Crippen molar-refractivity contribution in [2.75, 3.05) is 5.73 Å². The fraction of sp³-hybridized carbons (Fsp3) is 0. The van der Waals surface area contributed by atoms with Gasteiger partial charge in [0.1, 0.15) is 5.75 Å². The maximum Gasteiger partial charge on any atom is 0.260 e. The summed E-state index contributed by atoms with van der Waals surface area (Å²) in [4.78, 5) is 7.15. The van der Waals surface area contributed by atoms with Gasteiger partial charge in [-0.1, -0.05) is 22.0 Å². The van der Waals surface area contributed by atoms with Gasteiger partial charge >= 0.3 is 0 Å². The van der Waals surface area contributed by atoms with Crippen LogP contribution >= 0.6 is 15.9 Å². The molecule has 0 aliphatic rings. The number of rotatable bonds is 2. The summed E-state index contributed by atoms with van der Waals surface area (Å²) in [6.07, 6.45) is 0.968. The van der Waals surface area contributed by atoms with Crippen molar-refractivity contribution in [3.63, 3.8) is 0 Å². The van der Waals surface area contributed by atoms with E-state index in [-0.39, 0.29) is 11.8 Å². The largest absolute Gasteiger partial charge is 0.436 e. The standard InChI is InChI=1S/C10H7BrFN3O/c11-6-2-1-3-7(4-6)16-9-8(12)5-14-10(13)15-9/h1-5H,(H2,13,14,15). The van der Waals surface area contributed by atoms with E-state index in [1.165, 1.54) is 0 Å². The zero-order chi connectivity index (χ0) is 11.5. The highest BCUT2D eigenvalue weighted by molar-refractivity contribution is 9.10. The first kappa shape index (κ1) is 10.8. The first-order chi connectivity index (χ1) is 7.65. The normalized spacial score (nSPS) is 10.1. The lowest BCUT2D eigenvalue weighted by Gasteiger charge is -2.05. The van der Waals surface area contributed by atoms with Crippen LogP contribution in [0.4, 0.5) is 10.3 Å². The number of ether oxygens (including phenoxy) is 1. The van der Waals surface area contributed by atoms with Crippen molar-refractivity contribution < 1.29 is 9.13 Å². The molecule has 4 nitrogen and oxygen atoms in total. The highest BCUT2D eigenvalue weighted by Crippen LogP contribution is 2.24. The van der Waals surface area contributed by atoms with Gasteiger partial charge in [-0.05, 0) is 18.2 Å². The Bertz CT molecular complexity index is 521. The summed E-state index contributed by atoms with van der Waals surface area (Å²) >= 11 is 3.28. The minimum atomic E-state index is -0.658. The molecule has 16 heavy (non-hydrogen) atoms. The van der Waals surface area contributed by atoms with E-state index >= 15 is 0 Å². The maximum atomic E-state index is 13.2.